The van der Waals surface area contributed by atoms with Crippen molar-refractivity contribution in [3.8, 4) is 0 Å². The third-order valence-corrected chi connectivity index (χ3v) is 3.93. The quantitative estimate of drug-likeness (QED) is 0.446. The smallest absolute Gasteiger partial charge is 0.317 e. The van der Waals surface area contributed by atoms with E-state index in [-0.39, 0.29) is 5.78 Å². The number of carbonyl (C=O) groups excluding carboxylic acids is 2. The highest BCUT2D eigenvalue weighted by atomic mass is 16.5. The minimum Gasteiger partial charge on any atom is -0.468 e. The Kier molecular flexibility index (Phi) is 6.27. The van der Waals surface area contributed by atoms with Crippen molar-refractivity contribution in [2.75, 3.05) is 20.7 Å². The van der Waals surface area contributed by atoms with Gasteiger partial charge >= 0.3 is 5.97 Å². The van der Waals surface area contributed by atoms with Gasteiger partial charge in [0.05, 0.1) is 7.11 Å². The van der Waals surface area contributed by atoms with Crippen molar-refractivity contribution < 1.29 is 14.3 Å². The van der Waals surface area contributed by atoms with Crippen LogP contribution in [-0.2, 0) is 16.1 Å². The Bertz CT molecular complexity index is 680. The average Bonchev–Trinajstić information content (AvgIpc) is 2.60. The van der Waals surface area contributed by atoms with E-state index < -0.39 is 11.9 Å². The van der Waals surface area contributed by atoms with Crippen molar-refractivity contribution in [1.82, 2.24) is 4.90 Å². The molecule has 0 aliphatic rings. The van der Waals surface area contributed by atoms with Crippen LogP contribution >= 0.6 is 0 Å². The molecular weight excluding hydrogens is 302 g/mol. The molecule has 0 amide bonds. The Morgan fingerprint density at radius 1 is 1.04 bits per heavy atom. The van der Waals surface area contributed by atoms with E-state index in [2.05, 4.69) is 0 Å². The molecule has 0 bridgehead atoms. The molecule has 2 aromatic carbocycles. The molecule has 0 aliphatic carbocycles. The molecule has 0 saturated heterocycles. The topological polar surface area (TPSA) is 46.6 Å². The SMILES string of the molecule is COC(=O)C(CN(C)Cc1ccccc1)C(=O)c1ccc(C)cc1. The van der Waals surface area contributed by atoms with E-state index >= 15 is 0 Å². The lowest BCUT2D eigenvalue weighted by Gasteiger charge is -2.22. The number of benzene rings is 2. The van der Waals surface area contributed by atoms with Gasteiger partial charge in [-0.05, 0) is 19.5 Å². The molecule has 0 aliphatic heterocycles. The summed E-state index contributed by atoms with van der Waals surface area (Å²) in [4.78, 5) is 26.8. The minimum atomic E-state index is -0.827. The number of aryl methyl sites for hydroxylation is 1. The maximum absolute atomic E-state index is 12.7. The predicted molar refractivity (Wildman–Crippen MR) is 93.8 cm³/mol. The highest BCUT2D eigenvalue weighted by Crippen LogP contribution is 2.14. The second-order valence-electron chi connectivity index (χ2n) is 5.99. The number of hydrogen-bond acceptors (Lipinski definition) is 4. The summed E-state index contributed by atoms with van der Waals surface area (Å²) in [5, 5.41) is 0. The zero-order valence-corrected chi connectivity index (χ0v) is 14.4. The number of methoxy groups -OCH3 is 1. The third-order valence-electron chi connectivity index (χ3n) is 3.93. The van der Waals surface area contributed by atoms with E-state index in [0.29, 0.717) is 18.7 Å². The van der Waals surface area contributed by atoms with Crippen LogP contribution in [0.2, 0.25) is 0 Å². The molecule has 0 N–H and O–H groups in total. The number of nitrogens with zero attached hydrogens (tertiary/aromatic N) is 1. The summed E-state index contributed by atoms with van der Waals surface area (Å²) in [5.41, 5.74) is 2.73. The fourth-order valence-corrected chi connectivity index (χ4v) is 2.60. The van der Waals surface area contributed by atoms with Crippen LogP contribution < -0.4 is 0 Å². The maximum atomic E-state index is 12.7. The summed E-state index contributed by atoms with van der Waals surface area (Å²) in [6.45, 7) is 2.93. The van der Waals surface area contributed by atoms with Crippen molar-refractivity contribution in [2.45, 2.75) is 13.5 Å². The van der Waals surface area contributed by atoms with E-state index in [1.165, 1.54) is 7.11 Å². The number of esters is 1. The third kappa shape index (κ3) is 4.77. The van der Waals surface area contributed by atoms with Crippen molar-refractivity contribution in [3.05, 3.63) is 71.3 Å². The molecule has 0 aromatic heterocycles. The first kappa shape index (κ1) is 17.9. The second-order valence-corrected chi connectivity index (χ2v) is 5.99. The monoisotopic (exact) mass is 325 g/mol. The molecule has 0 radical (unpaired) electrons. The Morgan fingerprint density at radius 3 is 2.25 bits per heavy atom. The van der Waals surface area contributed by atoms with Crippen LogP contribution in [0.1, 0.15) is 21.5 Å². The molecule has 4 heteroatoms. The van der Waals surface area contributed by atoms with Gasteiger partial charge in [0.15, 0.2) is 5.78 Å². The lowest BCUT2D eigenvalue weighted by molar-refractivity contribution is -0.144. The first-order valence-corrected chi connectivity index (χ1v) is 7.92. The predicted octanol–water partition coefficient (Wildman–Crippen LogP) is 3.10. The van der Waals surface area contributed by atoms with Gasteiger partial charge in [0.2, 0.25) is 0 Å². The summed E-state index contributed by atoms with van der Waals surface area (Å²) in [6.07, 6.45) is 0. The summed E-state index contributed by atoms with van der Waals surface area (Å²) < 4.78 is 4.84. The van der Waals surface area contributed by atoms with Crippen LogP contribution in [0.5, 0.6) is 0 Å². The molecule has 24 heavy (non-hydrogen) atoms. The Balaban J connectivity index is 2.11. The first-order chi connectivity index (χ1) is 11.5. The van der Waals surface area contributed by atoms with Crippen LogP contribution in [0, 0.1) is 12.8 Å². The zero-order chi connectivity index (χ0) is 17.5. The van der Waals surface area contributed by atoms with Crippen molar-refractivity contribution >= 4 is 11.8 Å². The van der Waals surface area contributed by atoms with Crippen LogP contribution in [-0.4, -0.2) is 37.4 Å². The summed E-state index contributed by atoms with van der Waals surface area (Å²) >= 11 is 0. The van der Waals surface area contributed by atoms with Gasteiger partial charge < -0.3 is 9.64 Å². The van der Waals surface area contributed by atoms with Crippen molar-refractivity contribution in [3.63, 3.8) is 0 Å². The fraction of sp³-hybridized carbons (Fsp3) is 0.300. The van der Waals surface area contributed by atoms with Gasteiger partial charge in [0, 0.05) is 18.7 Å². The lowest BCUT2D eigenvalue weighted by atomic mass is 9.96. The van der Waals surface area contributed by atoms with Gasteiger partial charge in [-0.1, -0.05) is 60.2 Å². The second kappa shape index (κ2) is 8.41. The molecule has 0 heterocycles. The Hall–Kier alpha value is -2.46. The zero-order valence-electron chi connectivity index (χ0n) is 14.4. The largest absolute Gasteiger partial charge is 0.468 e. The first-order valence-electron chi connectivity index (χ1n) is 7.92. The van der Waals surface area contributed by atoms with E-state index in [1.54, 1.807) is 12.1 Å². The molecular formula is C20H23NO3. The molecule has 126 valence electrons. The van der Waals surface area contributed by atoms with E-state index in [0.717, 1.165) is 11.1 Å². The molecule has 0 saturated carbocycles. The molecule has 0 spiro atoms. The number of carbonyl (C=O) groups is 2. The molecule has 1 atom stereocenters. The van der Waals surface area contributed by atoms with Gasteiger partial charge in [-0.25, -0.2) is 0 Å². The lowest BCUT2D eigenvalue weighted by Crippen LogP contribution is -2.36. The maximum Gasteiger partial charge on any atom is 0.317 e. The van der Waals surface area contributed by atoms with Crippen molar-refractivity contribution in [2.24, 2.45) is 5.92 Å². The van der Waals surface area contributed by atoms with Gasteiger partial charge in [0.1, 0.15) is 5.92 Å². The van der Waals surface area contributed by atoms with E-state index in [9.17, 15) is 9.59 Å². The van der Waals surface area contributed by atoms with Crippen molar-refractivity contribution in [1.29, 1.82) is 0 Å². The van der Waals surface area contributed by atoms with Gasteiger partial charge in [-0.2, -0.15) is 0 Å². The summed E-state index contributed by atoms with van der Waals surface area (Å²) in [5.74, 6) is -1.53. The Morgan fingerprint density at radius 2 is 1.67 bits per heavy atom. The highest BCUT2D eigenvalue weighted by Gasteiger charge is 2.29. The molecule has 2 rings (SSSR count). The van der Waals surface area contributed by atoms with E-state index in [4.69, 9.17) is 4.74 Å². The fourth-order valence-electron chi connectivity index (χ4n) is 2.60. The highest BCUT2D eigenvalue weighted by molar-refractivity contribution is 6.08. The summed E-state index contributed by atoms with van der Waals surface area (Å²) in [6, 6.07) is 17.2. The molecule has 2 aromatic rings. The van der Waals surface area contributed by atoms with Gasteiger partial charge in [0.25, 0.3) is 0 Å². The minimum absolute atomic E-state index is 0.207. The standard InChI is InChI=1S/C20H23NO3/c1-15-9-11-17(12-10-15)19(22)18(20(23)24-3)14-21(2)13-16-7-5-4-6-8-16/h4-12,18H,13-14H2,1-3H3. The molecule has 4 nitrogen and oxygen atoms in total. The number of ether oxygens (including phenoxy) is 1. The van der Waals surface area contributed by atoms with Crippen LogP contribution in [0.4, 0.5) is 0 Å². The van der Waals surface area contributed by atoms with Crippen LogP contribution in [0.15, 0.2) is 54.6 Å². The number of ketones is 1. The molecule has 1 unspecified atom stereocenters. The Labute approximate surface area is 143 Å². The number of hydrogen-bond donors (Lipinski definition) is 0. The van der Waals surface area contributed by atoms with E-state index in [1.807, 2.05) is 61.3 Å². The number of Topliss-reactive ketones (excluding diaryl/α,β-unsaturated/α-hetero) is 1. The van der Waals surface area contributed by atoms with Crippen LogP contribution in [0.25, 0.3) is 0 Å². The number of rotatable bonds is 7. The van der Waals surface area contributed by atoms with Gasteiger partial charge in [-0.3, -0.25) is 9.59 Å². The van der Waals surface area contributed by atoms with Crippen LogP contribution in [0.3, 0.4) is 0 Å². The normalized spacial score (nSPS) is 12.0. The summed E-state index contributed by atoms with van der Waals surface area (Å²) in [7, 11) is 3.21. The average molecular weight is 325 g/mol. The molecule has 0 fully saturated rings. The van der Waals surface area contributed by atoms with Gasteiger partial charge in [-0.15, -0.1) is 0 Å².